The highest BCUT2D eigenvalue weighted by Gasteiger charge is 2.29. The number of ether oxygens (including phenoxy) is 1. The molecule has 1 aliphatic heterocycles. The zero-order valence-electron chi connectivity index (χ0n) is 15.5. The third-order valence-corrected chi connectivity index (χ3v) is 4.97. The van der Waals surface area contributed by atoms with E-state index in [4.69, 9.17) is 4.74 Å². The number of hydrogen-bond acceptors (Lipinski definition) is 4. The van der Waals surface area contributed by atoms with Crippen LogP contribution in [0, 0.1) is 13.8 Å². The first kappa shape index (κ1) is 16.6. The molecule has 134 valence electrons. The second kappa shape index (κ2) is 6.12. The number of benzene rings is 1. The molecule has 1 aliphatic rings. The SMILES string of the molecule is COc1cccc2c1N(C(=O)c1cc(C)nc3c1c(C)nn3C)CCC2. The maximum Gasteiger partial charge on any atom is 0.259 e. The molecule has 6 nitrogen and oxygen atoms in total. The summed E-state index contributed by atoms with van der Waals surface area (Å²) in [5.74, 6) is 0.711. The number of pyridine rings is 1. The standard InChI is InChI=1S/C20H22N4O2/c1-12-11-15(17-13(2)22-23(3)19(17)21-12)20(25)24-10-6-8-14-7-5-9-16(26-4)18(14)24/h5,7,9,11H,6,8,10H2,1-4H3. The molecule has 26 heavy (non-hydrogen) atoms. The van der Waals surface area contributed by atoms with Crippen LogP contribution in [-0.2, 0) is 13.5 Å². The van der Waals surface area contributed by atoms with E-state index in [0.29, 0.717) is 12.1 Å². The van der Waals surface area contributed by atoms with Crippen LogP contribution >= 0.6 is 0 Å². The third-order valence-electron chi connectivity index (χ3n) is 4.97. The predicted molar refractivity (Wildman–Crippen MR) is 101 cm³/mol. The zero-order chi connectivity index (χ0) is 18.4. The van der Waals surface area contributed by atoms with Crippen molar-refractivity contribution in [3.05, 3.63) is 46.8 Å². The molecule has 3 aromatic rings. The average molecular weight is 350 g/mol. The normalized spacial score (nSPS) is 13.8. The number of aromatic nitrogens is 3. The summed E-state index contributed by atoms with van der Waals surface area (Å²) in [4.78, 5) is 20.0. The third kappa shape index (κ3) is 2.44. The number of aryl methyl sites for hydroxylation is 4. The van der Waals surface area contributed by atoms with Crippen molar-refractivity contribution in [2.45, 2.75) is 26.7 Å². The van der Waals surface area contributed by atoms with E-state index in [0.717, 1.165) is 52.3 Å². The molecule has 1 amide bonds. The smallest absolute Gasteiger partial charge is 0.259 e. The Morgan fingerprint density at radius 3 is 2.85 bits per heavy atom. The minimum absolute atomic E-state index is 0.0259. The first-order valence-corrected chi connectivity index (χ1v) is 8.80. The maximum atomic E-state index is 13.6. The number of carbonyl (C=O) groups is 1. The summed E-state index contributed by atoms with van der Waals surface area (Å²) in [6, 6.07) is 7.82. The van der Waals surface area contributed by atoms with Gasteiger partial charge in [0.25, 0.3) is 5.91 Å². The number of anilines is 1. The molecule has 0 N–H and O–H groups in total. The van der Waals surface area contributed by atoms with Crippen molar-refractivity contribution in [1.29, 1.82) is 0 Å². The molecule has 1 aromatic carbocycles. The maximum absolute atomic E-state index is 13.6. The molecule has 0 saturated carbocycles. The molecule has 0 fully saturated rings. The molecular weight excluding hydrogens is 328 g/mol. The van der Waals surface area contributed by atoms with Gasteiger partial charge in [-0.1, -0.05) is 12.1 Å². The second-order valence-electron chi connectivity index (χ2n) is 6.75. The summed E-state index contributed by atoms with van der Waals surface area (Å²) in [5.41, 5.74) is 5.04. The number of amides is 1. The van der Waals surface area contributed by atoms with Gasteiger partial charge in [-0.3, -0.25) is 9.48 Å². The van der Waals surface area contributed by atoms with Gasteiger partial charge in [0.2, 0.25) is 0 Å². The first-order valence-electron chi connectivity index (χ1n) is 8.80. The van der Waals surface area contributed by atoms with Gasteiger partial charge in [0.15, 0.2) is 5.65 Å². The fourth-order valence-electron chi connectivity index (χ4n) is 3.87. The largest absolute Gasteiger partial charge is 0.495 e. The van der Waals surface area contributed by atoms with Crippen LogP contribution in [0.4, 0.5) is 5.69 Å². The Morgan fingerprint density at radius 1 is 1.27 bits per heavy atom. The Balaban J connectivity index is 1.90. The fourth-order valence-corrected chi connectivity index (χ4v) is 3.87. The Bertz CT molecular complexity index is 1010. The number of rotatable bonds is 2. The van der Waals surface area contributed by atoms with Crippen LogP contribution < -0.4 is 9.64 Å². The summed E-state index contributed by atoms with van der Waals surface area (Å²) < 4.78 is 7.28. The molecule has 2 aromatic heterocycles. The number of carbonyl (C=O) groups excluding carboxylic acids is 1. The molecule has 0 saturated heterocycles. The lowest BCUT2D eigenvalue weighted by atomic mass is 9.99. The lowest BCUT2D eigenvalue weighted by Gasteiger charge is -2.31. The molecule has 0 spiro atoms. The van der Waals surface area contributed by atoms with Crippen molar-refractivity contribution in [2.75, 3.05) is 18.6 Å². The van der Waals surface area contributed by atoms with Gasteiger partial charge < -0.3 is 9.64 Å². The molecule has 4 rings (SSSR count). The van der Waals surface area contributed by atoms with Crippen LogP contribution in [0.1, 0.15) is 33.7 Å². The summed E-state index contributed by atoms with van der Waals surface area (Å²) in [7, 11) is 3.50. The molecular formula is C20H22N4O2. The molecule has 0 unspecified atom stereocenters. The summed E-state index contributed by atoms with van der Waals surface area (Å²) in [5, 5.41) is 5.28. The van der Waals surface area contributed by atoms with E-state index >= 15 is 0 Å². The van der Waals surface area contributed by atoms with E-state index in [9.17, 15) is 4.79 Å². The number of para-hydroxylation sites is 1. The Labute approximate surface area is 152 Å². The fraction of sp³-hybridized carbons (Fsp3) is 0.350. The van der Waals surface area contributed by atoms with Crippen LogP contribution in [0.2, 0.25) is 0 Å². The van der Waals surface area contributed by atoms with E-state index in [-0.39, 0.29) is 5.91 Å². The van der Waals surface area contributed by atoms with Gasteiger partial charge in [-0.05, 0) is 44.4 Å². The minimum Gasteiger partial charge on any atom is -0.495 e. The lowest BCUT2D eigenvalue weighted by molar-refractivity contribution is 0.0985. The molecule has 0 atom stereocenters. The Morgan fingerprint density at radius 2 is 2.08 bits per heavy atom. The van der Waals surface area contributed by atoms with E-state index in [1.807, 2.05) is 44.0 Å². The first-order chi connectivity index (χ1) is 12.5. The van der Waals surface area contributed by atoms with Crippen molar-refractivity contribution in [1.82, 2.24) is 14.8 Å². The quantitative estimate of drug-likeness (QED) is 0.712. The average Bonchev–Trinajstić information content (AvgIpc) is 2.93. The Hall–Kier alpha value is -2.89. The highest BCUT2D eigenvalue weighted by Crippen LogP contribution is 2.37. The predicted octanol–water partition coefficient (Wildman–Crippen LogP) is 3.19. The number of methoxy groups -OCH3 is 1. The van der Waals surface area contributed by atoms with Crippen LogP contribution in [0.15, 0.2) is 24.3 Å². The molecule has 6 heteroatoms. The van der Waals surface area contributed by atoms with Crippen molar-refractivity contribution < 1.29 is 9.53 Å². The van der Waals surface area contributed by atoms with Crippen LogP contribution in [0.3, 0.4) is 0 Å². The van der Waals surface area contributed by atoms with Gasteiger partial charge >= 0.3 is 0 Å². The molecule has 0 radical (unpaired) electrons. The zero-order valence-corrected chi connectivity index (χ0v) is 15.5. The van der Waals surface area contributed by atoms with Gasteiger partial charge in [0.1, 0.15) is 5.75 Å². The summed E-state index contributed by atoms with van der Waals surface area (Å²) in [6.07, 6.45) is 1.89. The van der Waals surface area contributed by atoms with Gasteiger partial charge in [-0.2, -0.15) is 5.10 Å². The van der Waals surface area contributed by atoms with Crippen molar-refractivity contribution in [3.63, 3.8) is 0 Å². The molecule has 0 aliphatic carbocycles. The van der Waals surface area contributed by atoms with Gasteiger partial charge in [-0.15, -0.1) is 0 Å². The van der Waals surface area contributed by atoms with Crippen LogP contribution in [-0.4, -0.2) is 34.3 Å². The number of hydrogen-bond donors (Lipinski definition) is 0. The van der Waals surface area contributed by atoms with Gasteiger partial charge in [-0.25, -0.2) is 4.98 Å². The molecule has 3 heterocycles. The second-order valence-corrected chi connectivity index (χ2v) is 6.75. The van der Waals surface area contributed by atoms with Crippen molar-refractivity contribution >= 4 is 22.6 Å². The minimum atomic E-state index is -0.0259. The van der Waals surface area contributed by atoms with E-state index in [1.165, 1.54) is 0 Å². The van der Waals surface area contributed by atoms with Gasteiger partial charge in [0.05, 0.1) is 29.4 Å². The topological polar surface area (TPSA) is 60.2 Å². The van der Waals surface area contributed by atoms with Gasteiger partial charge in [0, 0.05) is 19.3 Å². The van der Waals surface area contributed by atoms with Crippen molar-refractivity contribution in [3.8, 4) is 5.75 Å². The summed E-state index contributed by atoms with van der Waals surface area (Å²) >= 11 is 0. The summed E-state index contributed by atoms with van der Waals surface area (Å²) in [6.45, 7) is 4.50. The monoisotopic (exact) mass is 350 g/mol. The van der Waals surface area contributed by atoms with Crippen LogP contribution in [0.5, 0.6) is 5.75 Å². The van der Waals surface area contributed by atoms with Crippen molar-refractivity contribution in [2.24, 2.45) is 7.05 Å². The lowest BCUT2D eigenvalue weighted by Crippen LogP contribution is -2.36. The number of nitrogens with zero attached hydrogens (tertiary/aromatic N) is 4. The van der Waals surface area contributed by atoms with Crippen LogP contribution in [0.25, 0.3) is 11.0 Å². The highest BCUT2D eigenvalue weighted by molar-refractivity contribution is 6.14. The van der Waals surface area contributed by atoms with E-state index < -0.39 is 0 Å². The highest BCUT2D eigenvalue weighted by atomic mass is 16.5. The molecule has 0 bridgehead atoms. The number of fused-ring (bicyclic) bond motifs is 2. The van der Waals surface area contributed by atoms with E-state index in [2.05, 4.69) is 16.1 Å². The van der Waals surface area contributed by atoms with E-state index in [1.54, 1.807) is 11.8 Å². The Kier molecular flexibility index (Phi) is 3.90.